The molecule has 2 N–H and O–H groups in total. The Morgan fingerprint density at radius 3 is 2.68 bits per heavy atom. The largest absolute Gasteiger partial charge is 0.313 e. The summed E-state index contributed by atoms with van der Waals surface area (Å²) >= 11 is 0. The molecule has 0 radical (unpaired) electrons. The number of sulfonamides is 1. The first kappa shape index (κ1) is 14.5. The van der Waals surface area contributed by atoms with E-state index in [2.05, 4.69) is 17.0 Å². The third kappa shape index (κ3) is 3.78. The van der Waals surface area contributed by atoms with Gasteiger partial charge in [0.1, 0.15) is 0 Å². The molecule has 0 amide bonds. The summed E-state index contributed by atoms with van der Waals surface area (Å²) in [5.74, 6) is 0. The van der Waals surface area contributed by atoms with E-state index in [-0.39, 0.29) is 6.04 Å². The van der Waals surface area contributed by atoms with Gasteiger partial charge >= 0.3 is 0 Å². The molecule has 1 aliphatic rings. The molecule has 0 aliphatic heterocycles. The van der Waals surface area contributed by atoms with Crippen molar-refractivity contribution in [2.24, 2.45) is 0 Å². The number of hydrogen-bond donors (Lipinski definition) is 2. The van der Waals surface area contributed by atoms with Crippen LogP contribution in [0.3, 0.4) is 0 Å². The van der Waals surface area contributed by atoms with Crippen molar-refractivity contribution in [1.82, 2.24) is 10.0 Å². The van der Waals surface area contributed by atoms with Crippen LogP contribution in [-0.2, 0) is 16.6 Å². The first-order chi connectivity index (χ1) is 9.04. The molecular weight excluding hydrogens is 260 g/mol. The molecule has 0 spiro atoms. The molecule has 1 aromatic rings. The van der Waals surface area contributed by atoms with Crippen molar-refractivity contribution in [2.75, 3.05) is 6.54 Å². The summed E-state index contributed by atoms with van der Waals surface area (Å²) in [6, 6.07) is 5.63. The number of benzene rings is 1. The average Bonchev–Trinajstić information content (AvgIpc) is 3.14. The van der Waals surface area contributed by atoms with E-state index in [0.29, 0.717) is 11.4 Å². The number of rotatable bonds is 7. The van der Waals surface area contributed by atoms with Gasteiger partial charge in [-0.3, -0.25) is 0 Å². The highest BCUT2D eigenvalue weighted by molar-refractivity contribution is 7.89. The second-order valence-electron chi connectivity index (χ2n) is 5.11. The molecule has 0 atom stereocenters. The fourth-order valence-corrected chi connectivity index (χ4v) is 3.62. The Balaban J connectivity index is 2.18. The van der Waals surface area contributed by atoms with Crippen LogP contribution in [0, 0.1) is 6.92 Å². The SMILES string of the molecule is CCCNCc1cccc(S(=O)(=O)NC2CC2)c1C. The van der Waals surface area contributed by atoms with Crippen LogP contribution in [0.2, 0.25) is 0 Å². The fraction of sp³-hybridized carbons (Fsp3) is 0.571. The van der Waals surface area contributed by atoms with Gasteiger partial charge < -0.3 is 5.32 Å². The van der Waals surface area contributed by atoms with E-state index in [1.165, 1.54) is 0 Å². The lowest BCUT2D eigenvalue weighted by molar-refractivity contribution is 0.580. The maximum absolute atomic E-state index is 12.3. The lowest BCUT2D eigenvalue weighted by atomic mass is 10.1. The molecule has 0 aromatic heterocycles. The standard InChI is InChI=1S/C14H22N2O2S/c1-3-9-15-10-12-5-4-6-14(11(12)2)19(17,18)16-13-7-8-13/h4-6,13,15-16H,3,7-10H2,1-2H3. The van der Waals surface area contributed by atoms with E-state index in [1.807, 2.05) is 19.1 Å². The summed E-state index contributed by atoms with van der Waals surface area (Å²) in [7, 11) is -3.36. The summed E-state index contributed by atoms with van der Waals surface area (Å²) < 4.78 is 27.2. The van der Waals surface area contributed by atoms with Gasteiger partial charge in [-0.15, -0.1) is 0 Å². The molecular formula is C14H22N2O2S. The predicted octanol–water partition coefficient (Wildman–Crippen LogP) is 1.94. The third-order valence-corrected chi connectivity index (χ3v) is 4.99. The van der Waals surface area contributed by atoms with Gasteiger partial charge in [0.2, 0.25) is 10.0 Å². The van der Waals surface area contributed by atoms with E-state index in [4.69, 9.17) is 0 Å². The molecule has 106 valence electrons. The van der Waals surface area contributed by atoms with Crippen molar-refractivity contribution in [1.29, 1.82) is 0 Å². The lowest BCUT2D eigenvalue weighted by Crippen LogP contribution is -2.27. The summed E-state index contributed by atoms with van der Waals surface area (Å²) in [5, 5.41) is 3.31. The molecule has 19 heavy (non-hydrogen) atoms. The van der Waals surface area contributed by atoms with E-state index >= 15 is 0 Å². The van der Waals surface area contributed by atoms with Crippen LogP contribution in [0.4, 0.5) is 0 Å². The Morgan fingerprint density at radius 1 is 1.32 bits per heavy atom. The van der Waals surface area contributed by atoms with E-state index in [1.54, 1.807) is 6.07 Å². The normalized spacial score (nSPS) is 15.7. The number of hydrogen-bond acceptors (Lipinski definition) is 3. The maximum atomic E-state index is 12.3. The molecule has 4 nitrogen and oxygen atoms in total. The first-order valence-corrected chi connectivity index (χ1v) is 8.34. The number of nitrogens with one attached hydrogen (secondary N) is 2. The molecule has 5 heteroatoms. The zero-order chi connectivity index (χ0) is 13.9. The van der Waals surface area contributed by atoms with E-state index in [9.17, 15) is 8.42 Å². The highest BCUT2D eigenvalue weighted by Crippen LogP contribution is 2.24. The van der Waals surface area contributed by atoms with Crippen LogP contribution < -0.4 is 10.0 Å². The van der Waals surface area contributed by atoms with Crippen molar-refractivity contribution in [3.8, 4) is 0 Å². The molecule has 0 bridgehead atoms. The minimum absolute atomic E-state index is 0.145. The zero-order valence-electron chi connectivity index (χ0n) is 11.6. The van der Waals surface area contributed by atoms with Crippen LogP contribution in [0.25, 0.3) is 0 Å². The second-order valence-corrected chi connectivity index (χ2v) is 6.80. The third-order valence-electron chi connectivity index (χ3n) is 3.33. The monoisotopic (exact) mass is 282 g/mol. The molecule has 2 rings (SSSR count). The minimum atomic E-state index is -3.36. The van der Waals surface area contributed by atoms with Gasteiger partial charge in [-0.1, -0.05) is 19.1 Å². The summed E-state index contributed by atoms with van der Waals surface area (Å²) in [5.41, 5.74) is 1.89. The van der Waals surface area contributed by atoms with Gasteiger partial charge in [0, 0.05) is 12.6 Å². The molecule has 0 heterocycles. The van der Waals surface area contributed by atoms with E-state index in [0.717, 1.165) is 36.9 Å². The van der Waals surface area contributed by atoms with Gasteiger partial charge in [-0.2, -0.15) is 0 Å². The Hall–Kier alpha value is -0.910. The topological polar surface area (TPSA) is 58.2 Å². The van der Waals surface area contributed by atoms with Gasteiger partial charge in [0.05, 0.1) is 4.90 Å². The van der Waals surface area contributed by atoms with Crippen LogP contribution in [0.5, 0.6) is 0 Å². The van der Waals surface area contributed by atoms with Gasteiger partial charge in [0.25, 0.3) is 0 Å². The minimum Gasteiger partial charge on any atom is -0.313 e. The van der Waals surface area contributed by atoms with Crippen molar-refractivity contribution in [3.05, 3.63) is 29.3 Å². The maximum Gasteiger partial charge on any atom is 0.241 e. The smallest absolute Gasteiger partial charge is 0.241 e. The van der Waals surface area contributed by atoms with Gasteiger partial charge in [-0.05, 0) is 49.9 Å². The molecule has 1 fully saturated rings. The molecule has 0 saturated heterocycles. The molecule has 1 aromatic carbocycles. The molecule has 1 aliphatic carbocycles. The Kier molecular flexibility index (Phi) is 4.60. The van der Waals surface area contributed by atoms with Crippen molar-refractivity contribution >= 4 is 10.0 Å². The van der Waals surface area contributed by atoms with Gasteiger partial charge in [-0.25, -0.2) is 13.1 Å². The van der Waals surface area contributed by atoms with Crippen LogP contribution >= 0.6 is 0 Å². The second kappa shape index (κ2) is 6.03. The zero-order valence-corrected chi connectivity index (χ0v) is 12.4. The first-order valence-electron chi connectivity index (χ1n) is 6.86. The highest BCUT2D eigenvalue weighted by Gasteiger charge is 2.29. The van der Waals surface area contributed by atoms with Crippen LogP contribution in [0.15, 0.2) is 23.1 Å². The molecule has 0 unspecified atom stereocenters. The van der Waals surface area contributed by atoms with Gasteiger partial charge in [0.15, 0.2) is 0 Å². The summed E-state index contributed by atoms with van der Waals surface area (Å²) in [6.07, 6.45) is 2.98. The van der Waals surface area contributed by atoms with Crippen LogP contribution in [0.1, 0.15) is 37.3 Å². The molecule has 1 saturated carbocycles. The Labute approximate surface area is 115 Å². The van der Waals surface area contributed by atoms with Crippen LogP contribution in [-0.4, -0.2) is 21.0 Å². The Bertz CT molecular complexity index is 536. The van der Waals surface area contributed by atoms with E-state index < -0.39 is 10.0 Å². The highest BCUT2D eigenvalue weighted by atomic mass is 32.2. The van der Waals surface area contributed by atoms with Crippen molar-refractivity contribution in [3.63, 3.8) is 0 Å². The fourth-order valence-electron chi connectivity index (χ4n) is 2.03. The quantitative estimate of drug-likeness (QED) is 0.751. The summed E-state index contributed by atoms with van der Waals surface area (Å²) in [4.78, 5) is 0.412. The van der Waals surface area contributed by atoms with Crippen molar-refractivity contribution < 1.29 is 8.42 Å². The predicted molar refractivity (Wildman–Crippen MR) is 76.5 cm³/mol. The lowest BCUT2D eigenvalue weighted by Gasteiger charge is -2.13. The average molecular weight is 282 g/mol. The van der Waals surface area contributed by atoms with Crippen molar-refractivity contribution in [2.45, 2.75) is 50.6 Å². The Morgan fingerprint density at radius 2 is 2.05 bits per heavy atom. The summed E-state index contributed by atoms with van der Waals surface area (Å²) in [6.45, 7) is 5.65.